The highest BCUT2D eigenvalue weighted by molar-refractivity contribution is 7.99. The summed E-state index contributed by atoms with van der Waals surface area (Å²) >= 11 is 2.85. The van der Waals surface area contributed by atoms with Crippen molar-refractivity contribution >= 4 is 39.8 Å². The Kier molecular flexibility index (Phi) is 4.85. The van der Waals surface area contributed by atoms with Crippen molar-refractivity contribution in [3.63, 3.8) is 0 Å². The molecule has 0 saturated carbocycles. The summed E-state index contributed by atoms with van der Waals surface area (Å²) in [6, 6.07) is 4.22. The number of hydrogen-bond donors (Lipinski definition) is 1. The third kappa shape index (κ3) is 3.42. The number of thiophene rings is 1. The van der Waals surface area contributed by atoms with E-state index in [1.54, 1.807) is 0 Å². The van der Waals surface area contributed by atoms with Crippen LogP contribution in [0.2, 0.25) is 0 Å². The number of aryl methyl sites for hydroxylation is 3. The molecule has 0 atom stereocenters. The molecule has 9 heteroatoms. The number of nitriles is 1. The number of rotatable bonds is 4. The summed E-state index contributed by atoms with van der Waals surface area (Å²) in [5, 5.41) is 22.0. The first-order chi connectivity index (χ1) is 13.1. The minimum absolute atomic E-state index is 0.149. The van der Waals surface area contributed by atoms with Crippen molar-refractivity contribution in [1.82, 2.24) is 19.6 Å². The van der Waals surface area contributed by atoms with E-state index in [-0.39, 0.29) is 11.7 Å². The van der Waals surface area contributed by atoms with Crippen LogP contribution in [0.5, 0.6) is 0 Å². The van der Waals surface area contributed by atoms with Gasteiger partial charge in [-0.3, -0.25) is 9.20 Å². The van der Waals surface area contributed by atoms with Crippen LogP contribution in [0.4, 0.5) is 5.00 Å². The van der Waals surface area contributed by atoms with E-state index in [2.05, 4.69) is 26.6 Å². The highest BCUT2D eigenvalue weighted by Crippen LogP contribution is 2.37. The van der Waals surface area contributed by atoms with Crippen molar-refractivity contribution in [1.29, 1.82) is 5.26 Å². The van der Waals surface area contributed by atoms with E-state index in [9.17, 15) is 10.1 Å². The molecule has 0 aromatic carbocycles. The summed E-state index contributed by atoms with van der Waals surface area (Å²) in [5.41, 5.74) is 3.62. The van der Waals surface area contributed by atoms with Crippen LogP contribution in [0.15, 0.2) is 11.2 Å². The normalized spacial score (nSPS) is 13.4. The van der Waals surface area contributed by atoms with Gasteiger partial charge in [-0.25, -0.2) is 4.98 Å². The van der Waals surface area contributed by atoms with Crippen molar-refractivity contribution in [2.75, 3.05) is 11.1 Å². The van der Waals surface area contributed by atoms with Gasteiger partial charge in [-0.05, 0) is 51.2 Å². The van der Waals surface area contributed by atoms with Gasteiger partial charge in [-0.1, -0.05) is 11.8 Å². The second kappa shape index (κ2) is 7.29. The largest absolute Gasteiger partial charge is 0.316 e. The van der Waals surface area contributed by atoms with E-state index in [0.717, 1.165) is 42.6 Å². The summed E-state index contributed by atoms with van der Waals surface area (Å²) in [5.74, 6) is 0.583. The Morgan fingerprint density at radius 2 is 2.19 bits per heavy atom. The molecule has 0 bridgehead atoms. The fraction of sp³-hybridized carbons (Fsp3) is 0.389. The maximum absolute atomic E-state index is 12.5. The van der Waals surface area contributed by atoms with Crippen LogP contribution in [0.25, 0.3) is 5.78 Å². The first-order valence-electron chi connectivity index (χ1n) is 8.73. The molecule has 0 aliphatic heterocycles. The minimum Gasteiger partial charge on any atom is -0.316 e. The Morgan fingerprint density at radius 1 is 1.37 bits per heavy atom. The second-order valence-corrected chi connectivity index (χ2v) is 8.57. The molecule has 1 N–H and O–H groups in total. The van der Waals surface area contributed by atoms with Gasteiger partial charge < -0.3 is 5.32 Å². The van der Waals surface area contributed by atoms with E-state index < -0.39 is 0 Å². The number of carbonyl (C=O) groups is 1. The fourth-order valence-electron chi connectivity index (χ4n) is 3.36. The first-order valence-corrected chi connectivity index (χ1v) is 10.5. The molecule has 0 radical (unpaired) electrons. The van der Waals surface area contributed by atoms with Gasteiger partial charge in [-0.15, -0.1) is 21.5 Å². The molecular weight excluding hydrogens is 380 g/mol. The molecule has 0 fully saturated rings. The number of hydrogen-bond acceptors (Lipinski definition) is 7. The highest BCUT2D eigenvalue weighted by Gasteiger charge is 2.22. The second-order valence-electron chi connectivity index (χ2n) is 6.52. The molecule has 0 saturated heterocycles. The fourth-order valence-corrected chi connectivity index (χ4v) is 5.40. The average molecular weight is 399 g/mol. The SMILES string of the molecule is Cc1cc(C)n2c(SCC(=O)Nc3sc4c(c3C#N)CCCC4)nnc2n1. The van der Waals surface area contributed by atoms with Crippen molar-refractivity contribution in [3.8, 4) is 6.07 Å². The Bertz CT molecular complexity index is 1080. The van der Waals surface area contributed by atoms with Crippen molar-refractivity contribution in [2.24, 2.45) is 0 Å². The highest BCUT2D eigenvalue weighted by atomic mass is 32.2. The van der Waals surface area contributed by atoms with Gasteiger partial charge >= 0.3 is 0 Å². The van der Waals surface area contributed by atoms with E-state index in [0.29, 0.717) is 21.5 Å². The zero-order valence-corrected chi connectivity index (χ0v) is 16.7. The molecule has 138 valence electrons. The van der Waals surface area contributed by atoms with Gasteiger partial charge in [0.25, 0.3) is 5.78 Å². The van der Waals surface area contributed by atoms with Crippen LogP contribution in [-0.4, -0.2) is 31.2 Å². The predicted molar refractivity (Wildman–Crippen MR) is 105 cm³/mol. The number of amides is 1. The predicted octanol–water partition coefficient (Wildman–Crippen LogP) is 3.28. The van der Waals surface area contributed by atoms with E-state index in [1.165, 1.54) is 28.0 Å². The van der Waals surface area contributed by atoms with Crippen LogP contribution >= 0.6 is 23.1 Å². The number of anilines is 1. The molecule has 1 aliphatic carbocycles. The smallest absolute Gasteiger partial charge is 0.256 e. The van der Waals surface area contributed by atoms with E-state index >= 15 is 0 Å². The Balaban J connectivity index is 1.48. The molecular formula is C18H18N6OS2. The van der Waals surface area contributed by atoms with Gasteiger partial charge in [0.15, 0.2) is 5.16 Å². The number of fused-ring (bicyclic) bond motifs is 2. The molecule has 0 spiro atoms. The van der Waals surface area contributed by atoms with Gasteiger partial charge in [0, 0.05) is 16.3 Å². The molecule has 1 aliphatic rings. The summed E-state index contributed by atoms with van der Waals surface area (Å²) in [6.45, 7) is 3.87. The molecule has 0 unspecified atom stereocenters. The quantitative estimate of drug-likeness (QED) is 0.678. The van der Waals surface area contributed by atoms with Gasteiger partial charge in [0.2, 0.25) is 5.91 Å². The van der Waals surface area contributed by atoms with Gasteiger partial charge in [0.1, 0.15) is 11.1 Å². The maximum atomic E-state index is 12.5. The number of carbonyl (C=O) groups excluding carboxylic acids is 1. The topological polar surface area (TPSA) is 96.0 Å². The van der Waals surface area contributed by atoms with Crippen molar-refractivity contribution < 1.29 is 4.79 Å². The lowest BCUT2D eigenvalue weighted by molar-refractivity contribution is -0.113. The van der Waals surface area contributed by atoms with Crippen LogP contribution in [-0.2, 0) is 17.6 Å². The van der Waals surface area contributed by atoms with Gasteiger partial charge in [-0.2, -0.15) is 5.26 Å². The summed E-state index contributed by atoms with van der Waals surface area (Å²) < 4.78 is 1.84. The van der Waals surface area contributed by atoms with Crippen LogP contribution in [0.1, 0.15) is 40.2 Å². The number of aromatic nitrogens is 4. The van der Waals surface area contributed by atoms with Crippen LogP contribution < -0.4 is 5.32 Å². The lowest BCUT2D eigenvalue weighted by Crippen LogP contribution is -2.14. The molecule has 1 amide bonds. The molecule has 27 heavy (non-hydrogen) atoms. The summed E-state index contributed by atoms with van der Waals surface area (Å²) in [7, 11) is 0. The zero-order chi connectivity index (χ0) is 19.0. The van der Waals surface area contributed by atoms with Crippen LogP contribution in [0.3, 0.4) is 0 Å². The van der Waals surface area contributed by atoms with Gasteiger partial charge in [0.05, 0.1) is 11.3 Å². The number of thioether (sulfide) groups is 1. The molecule has 3 aromatic rings. The summed E-state index contributed by atoms with van der Waals surface area (Å²) in [4.78, 5) is 18.0. The molecule has 4 rings (SSSR count). The zero-order valence-electron chi connectivity index (χ0n) is 15.1. The molecule has 3 aromatic heterocycles. The van der Waals surface area contributed by atoms with Crippen molar-refractivity contribution in [2.45, 2.75) is 44.7 Å². The van der Waals surface area contributed by atoms with Crippen molar-refractivity contribution in [3.05, 3.63) is 33.5 Å². The first kappa shape index (κ1) is 17.9. The lowest BCUT2D eigenvalue weighted by Gasteiger charge is -2.09. The standard InChI is InChI=1S/C18H18N6OS2/c1-10-7-11(2)24-17(20-10)22-23-18(24)26-9-15(25)21-16-13(8-19)12-5-3-4-6-14(12)27-16/h7H,3-6,9H2,1-2H3,(H,21,25). The Labute approximate surface area is 164 Å². The van der Waals surface area contributed by atoms with E-state index in [1.807, 2.05) is 24.3 Å². The Morgan fingerprint density at radius 3 is 3.00 bits per heavy atom. The monoisotopic (exact) mass is 398 g/mol. The lowest BCUT2D eigenvalue weighted by atomic mass is 9.96. The molecule has 3 heterocycles. The van der Waals surface area contributed by atoms with Crippen LogP contribution in [0, 0.1) is 25.2 Å². The third-order valence-corrected chi connectivity index (χ3v) is 6.67. The Hall–Kier alpha value is -2.44. The third-order valence-electron chi connectivity index (χ3n) is 4.53. The summed E-state index contributed by atoms with van der Waals surface area (Å²) in [6.07, 6.45) is 4.18. The molecule has 7 nitrogen and oxygen atoms in total. The minimum atomic E-state index is -0.149. The number of nitrogens with one attached hydrogen (secondary N) is 1. The average Bonchev–Trinajstić information content (AvgIpc) is 3.20. The number of nitrogens with zero attached hydrogens (tertiary/aromatic N) is 5. The van der Waals surface area contributed by atoms with E-state index in [4.69, 9.17) is 0 Å². The maximum Gasteiger partial charge on any atom is 0.256 e.